The number of carbonyl (C=O) groups excluding carboxylic acids is 2. The van der Waals surface area contributed by atoms with E-state index in [0.717, 1.165) is 0 Å². The molecule has 8 heteroatoms. The van der Waals surface area contributed by atoms with Gasteiger partial charge in [0, 0.05) is 17.8 Å². The van der Waals surface area contributed by atoms with Gasteiger partial charge in [0.1, 0.15) is 12.2 Å². The lowest BCUT2D eigenvalue weighted by Crippen LogP contribution is -2.39. The lowest BCUT2D eigenvalue weighted by molar-refractivity contribution is -0.141. The van der Waals surface area contributed by atoms with Gasteiger partial charge >= 0.3 is 6.18 Å². The quantitative estimate of drug-likeness (QED) is 0.803. The predicted molar refractivity (Wildman–Crippen MR) is 92.2 cm³/mol. The van der Waals surface area contributed by atoms with Gasteiger partial charge in [-0.3, -0.25) is 9.59 Å². The lowest BCUT2D eigenvalue weighted by Gasteiger charge is -2.24. The maximum Gasteiger partial charge on any atom is 0.406 e. The van der Waals surface area contributed by atoms with Crippen molar-refractivity contribution in [2.24, 2.45) is 0 Å². The van der Waals surface area contributed by atoms with E-state index in [1.807, 2.05) is 6.07 Å². The summed E-state index contributed by atoms with van der Waals surface area (Å²) in [6.07, 6.45) is -4.58. The Morgan fingerprint density at radius 1 is 1.19 bits per heavy atom. The highest BCUT2D eigenvalue weighted by Gasteiger charge is 2.35. The van der Waals surface area contributed by atoms with Crippen LogP contribution in [0.4, 0.5) is 13.2 Å². The van der Waals surface area contributed by atoms with Crippen LogP contribution in [-0.2, 0) is 6.54 Å². The predicted octanol–water partition coefficient (Wildman–Crippen LogP) is 3.91. The van der Waals surface area contributed by atoms with Gasteiger partial charge in [0.2, 0.25) is 0 Å². The molecular weight excluding hydrogens is 359 g/mol. The lowest BCUT2D eigenvalue weighted by atomic mass is 10.1. The molecule has 0 bridgehead atoms. The number of rotatable bonds is 5. The second kappa shape index (κ2) is 7.66. The van der Waals surface area contributed by atoms with Crippen molar-refractivity contribution in [3.05, 3.63) is 57.9 Å². The van der Waals surface area contributed by atoms with E-state index in [1.54, 1.807) is 6.92 Å². The number of nitrogens with one attached hydrogen (secondary N) is 1. The van der Waals surface area contributed by atoms with Crippen LogP contribution in [0.3, 0.4) is 0 Å². The van der Waals surface area contributed by atoms with Crippen molar-refractivity contribution >= 4 is 11.7 Å². The number of nitrogens with zero attached hydrogens (tertiary/aromatic N) is 2. The number of nitriles is 1. The Hall–Kier alpha value is -3.08. The molecule has 2 rings (SSSR count). The molecule has 1 aromatic heterocycles. The average Bonchev–Trinajstić information content (AvgIpc) is 2.87. The zero-order valence-corrected chi connectivity index (χ0v) is 15.1. The van der Waals surface area contributed by atoms with Crippen LogP contribution in [0.25, 0.3) is 0 Å². The van der Waals surface area contributed by atoms with Crippen LogP contribution >= 0.6 is 0 Å². The summed E-state index contributed by atoms with van der Waals surface area (Å²) < 4.78 is 39.0. The number of Topliss-reactive ketones (excluding diaryl/α,β-unsaturated/α-hetero) is 1. The molecule has 0 radical (unpaired) electrons. The van der Waals surface area contributed by atoms with Crippen molar-refractivity contribution in [2.45, 2.75) is 33.5 Å². The Morgan fingerprint density at radius 3 is 2.22 bits per heavy atom. The maximum absolute atomic E-state index is 13.0. The van der Waals surface area contributed by atoms with Gasteiger partial charge < -0.3 is 9.88 Å². The molecule has 0 unspecified atom stereocenters. The molecule has 0 spiro atoms. The van der Waals surface area contributed by atoms with E-state index >= 15 is 0 Å². The summed E-state index contributed by atoms with van der Waals surface area (Å²) in [6, 6.07) is 7.88. The highest BCUT2D eigenvalue weighted by Crippen LogP contribution is 2.24. The van der Waals surface area contributed by atoms with Crippen LogP contribution in [0.5, 0.6) is 0 Å². The fourth-order valence-corrected chi connectivity index (χ4v) is 2.97. The first-order valence-electron chi connectivity index (χ1n) is 8.08. The van der Waals surface area contributed by atoms with Crippen LogP contribution < -0.4 is 0 Å². The van der Waals surface area contributed by atoms with Crippen molar-refractivity contribution in [1.29, 1.82) is 5.26 Å². The van der Waals surface area contributed by atoms with E-state index in [9.17, 15) is 22.8 Å². The molecule has 0 atom stereocenters. The molecule has 0 fully saturated rings. The van der Waals surface area contributed by atoms with E-state index in [1.165, 1.54) is 38.1 Å². The SMILES string of the molecule is CC(=O)c1c(C)[nH]c(C(=O)N(Cc2ccc(C#N)cc2)CC(F)(F)F)c1C. The molecular formula is C19H18F3N3O2. The summed E-state index contributed by atoms with van der Waals surface area (Å²) in [5.74, 6) is -1.11. The summed E-state index contributed by atoms with van der Waals surface area (Å²) in [6.45, 7) is 2.74. The van der Waals surface area contributed by atoms with E-state index in [0.29, 0.717) is 32.8 Å². The number of halogens is 3. The Bertz CT molecular complexity index is 906. The van der Waals surface area contributed by atoms with Crippen LogP contribution in [0.15, 0.2) is 24.3 Å². The second-order valence-electron chi connectivity index (χ2n) is 6.27. The third kappa shape index (κ3) is 4.76. The molecule has 2 aromatic rings. The summed E-state index contributed by atoms with van der Waals surface area (Å²) in [7, 11) is 0. The number of hydrogen-bond donors (Lipinski definition) is 1. The summed E-state index contributed by atoms with van der Waals surface area (Å²) in [4.78, 5) is 27.9. The molecule has 1 amide bonds. The molecule has 1 aromatic carbocycles. The van der Waals surface area contributed by atoms with Crippen LogP contribution in [0.1, 0.15) is 50.2 Å². The number of benzene rings is 1. The van der Waals surface area contributed by atoms with Crippen molar-refractivity contribution < 1.29 is 22.8 Å². The Morgan fingerprint density at radius 2 is 1.78 bits per heavy atom. The van der Waals surface area contributed by atoms with E-state index in [2.05, 4.69) is 4.98 Å². The summed E-state index contributed by atoms with van der Waals surface area (Å²) >= 11 is 0. The van der Waals surface area contributed by atoms with E-state index in [4.69, 9.17) is 5.26 Å². The van der Waals surface area contributed by atoms with Gasteiger partial charge in [-0.05, 0) is 44.0 Å². The minimum absolute atomic E-state index is 0.0319. The molecule has 1 N–H and O–H groups in total. The van der Waals surface area contributed by atoms with Gasteiger partial charge in [0.05, 0.1) is 11.6 Å². The van der Waals surface area contributed by atoms with E-state index < -0.39 is 18.6 Å². The second-order valence-corrected chi connectivity index (χ2v) is 6.27. The number of aromatic nitrogens is 1. The first-order chi connectivity index (χ1) is 12.5. The Labute approximate surface area is 154 Å². The number of alkyl halides is 3. The Kier molecular flexibility index (Phi) is 5.74. The topological polar surface area (TPSA) is 77.0 Å². The molecule has 1 heterocycles. The van der Waals surface area contributed by atoms with Crippen molar-refractivity contribution in [3.63, 3.8) is 0 Å². The number of aryl methyl sites for hydroxylation is 1. The van der Waals surface area contributed by atoms with Crippen LogP contribution in [0.2, 0.25) is 0 Å². The van der Waals surface area contributed by atoms with Crippen molar-refractivity contribution in [2.75, 3.05) is 6.54 Å². The number of carbonyl (C=O) groups is 2. The molecule has 5 nitrogen and oxygen atoms in total. The van der Waals surface area contributed by atoms with Crippen molar-refractivity contribution in [3.8, 4) is 6.07 Å². The van der Waals surface area contributed by atoms with Crippen molar-refractivity contribution in [1.82, 2.24) is 9.88 Å². The number of aromatic amines is 1. The Balaban J connectivity index is 2.38. The normalized spacial score (nSPS) is 11.1. The monoisotopic (exact) mass is 377 g/mol. The minimum Gasteiger partial charge on any atom is -0.354 e. The molecule has 27 heavy (non-hydrogen) atoms. The van der Waals surface area contributed by atoms with Crippen LogP contribution in [-0.4, -0.2) is 34.3 Å². The molecule has 0 aliphatic heterocycles. The smallest absolute Gasteiger partial charge is 0.354 e. The first-order valence-corrected chi connectivity index (χ1v) is 8.08. The first kappa shape index (κ1) is 20.2. The maximum atomic E-state index is 13.0. The van der Waals surface area contributed by atoms with Crippen LogP contribution in [0, 0.1) is 25.2 Å². The minimum atomic E-state index is -4.58. The standard InChI is InChI=1S/C19H18F3N3O2/c1-11-16(13(3)26)12(2)24-17(11)18(27)25(10-19(20,21)22)9-15-6-4-14(8-23)5-7-15/h4-7,24H,9-10H2,1-3H3. The molecule has 0 saturated carbocycles. The van der Waals surface area contributed by atoms with Gasteiger partial charge in [-0.25, -0.2) is 0 Å². The van der Waals surface area contributed by atoms with E-state index in [-0.39, 0.29) is 18.0 Å². The molecule has 0 aliphatic carbocycles. The number of hydrogen-bond acceptors (Lipinski definition) is 3. The highest BCUT2D eigenvalue weighted by atomic mass is 19.4. The van der Waals surface area contributed by atoms with Gasteiger partial charge in [0.15, 0.2) is 5.78 Å². The van der Waals surface area contributed by atoms with Gasteiger partial charge in [-0.2, -0.15) is 18.4 Å². The average molecular weight is 377 g/mol. The van der Waals surface area contributed by atoms with Gasteiger partial charge in [-0.15, -0.1) is 0 Å². The molecule has 0 saturated heterocycles. The largest absolute Gasteiger partial charge is 0.406 e. The third-order valence-electron chi connectivity index (χ3n) is 4.12. The fourth-order valence-electron chi connectivity index (χ4n) is 2.97. The molecule has 0 aliphatic rings. The third-order valence-corrected chi connectivity index (χ3v) is 4.12. The number of amides is 1. The summed E-state index contributed by atoms with van der Waals surface area (Å²) in [5, 5.41) is 8.81. The molecule has 142 valence electrons. The zero-order chi connectivity index (χ0) is 20.4. The fraction of sp³-hybridized carbons (Fsp3) is 0.316. The highest BCUT2D eigenvalue weighted by molar-refractivity contribution is 6.02. The van der Waals surface area contributed by atoms with Gasteiger partial charge in [-0.1, -0.05) is 12.1 Å². The van der Waals surface area contributed by atoms with Gasteiger partial charge in [0.25, 0.3) is 5.91 Å². The zero-order valence-electron chi connectivity index (χ0n) is 15.1. The summed E-state index contributed by atoms with van der Waals surface area (Å²) in [5.41, 5.74) is 1.87. The number of ketones is 1. The number of H-pyrrole nitrogens is 1.